The Balaban J connectivity index is 2.13. The second-order valence-electron chi connectivity index (χ2n) is 5.30. The average molecular weight is 363 g/mol. The molecule has 25 heavy (non-hydrogen) atoms. The predicted molar refractivity (Wildman–Crippen MR) is 96.4 cm³/mol. The van der Waals surface area contributed by atoms with Gasteiger partial charge in [0, 0.05) is 11.6 Å². The molecule has 0 fully saturated rings. The van der Waals surface area contributed by atoms with E-state index in [9.17, 15) is 8.42 Å². The largest absolute Gasteiger partial charge is 0.497 e. The minimum Gasteiger partial charge on any atom is -0.497 e. The van der Waals surface area contributed by atoms with Crippen LogP contribution in [0.15, 0.2) is 52.4 Å². The third-order valence-electron chi connectivity index (χ3n) is 3.48. The summed E-state index contributed by atoms with van der Waals surface area (Å²) in [7, 11) is -0.671. The first-order valence-electron chi connectivity index (χ1n) is 7.46. The number of nitrogens with one attached hydrogen (secondary N) is 1. The number of rotatable bonds is 6. The molecular formula is C17H21N3O4S. The van der Waals surface area contributed by atoms with Gasteiger partial charge in [-0.05, 0) is 31.2 Å². The molecule has 7 nitrogen and oxygen atoms in total. The molecular weight excluding hydrogens is 342 g/mol. The Morgan fingerprint density at radius 3 is 2.40 bits per heavy atom. The lowest BCUT2D eigenvalue weighted by atomic mass is 10.2. The van der Waals surface area contributed by atoms with Crippen molar-refractivity contribution in [3.8, 4) is 11.5 Å². The summed E-state index contributed by atoms with van der Waals surface area (Å²) >= 11 is 0. The third-order valence-corrected chi connectivity index (χ3v) is 4.85. The minimum atomic E-state index is -3.76. The third kappa shape index (κ3) is 4.87. The van der Waals surface area contributed by atoms with Gasteiger partial charge in [-0.15, -0.1) is 0 Å². The molecule has 134 valence electrons. The van der Waals surface area contributed by atoms with E-state index in [-0.39, 0.29) is 17.4 Å². The van der Waals surface area contributed by atoms with E-state index in [1.807, 2.05) is 6.92 Å². The van der Waals surface area contributed by atoms with E-state index in [0.29, 0.717) is 11.5 Å². The van der Waals surface area contributed by atoms with Crippen LogP contribution in [0.1, 0.15) is 11.1 Å². The van der Waals surface area contributed by atoms with Gasteiger partial charge in [0.25, 0.3) is 10.0 Å². The van der Waals surface area contributed by atoms with Crippen LogP contribution in [0.4, 0.5) is 0 Å². The van der Waals surface area contributed by atoms with E-state index in [1.54, 1.807) is 37.4 Å². The first kappa shape index (κ1) is 18.6. The van der Waals surface area contributed by atoms with E-state index >= 15 is 0 Å². The Labute approximate surface area is 147 Å². The van der Waals surface area contributed by atoms with Crippen LogP contribution in [0.3, 0.4) is 0 Å². The van der Waals surface area contributed by atoms with Gasteiger partial charge in [0.05, 0.1) is 25.7 Å². The summed E-state index contributed by atoms with van der Waals surface area (Å²) in [4.78, 5) is 4.19. The van der Waals surface area contributed by atoms with Gasteiger partial charge in [-0.3, -0.25) is 0 Å². The Morgan fingerprint density at radius 1 is 1.12 bits per heavy atom. The predicted octanol–water partition coefficient (Wildman–Crippen LogP) is 1.81. The lowest BCUT2D eigenvalue weighted by Crippen LogP contribution is -2.36. The molecule has 0 aromatic heterocycles. The van der Waals surface area contributed by atoms with E-state index in [1.165, 1.54) is 19.2 Å². The minimum absolute atomic E-state index is 0.123. The van der Waals surface area contributed by atoms with Crippen molar-refractivity contribution in [3.63, 3.8) is 0 Å². The first-order valence-corrected chi connectivity index (χ1v) is 8.94. The molecule has 0 spiro atoms. The molecule has 2 aromatic carbocycles. The van der Waals surface area contributed by atoms with Gasteiger partial charge < -0.3 is 15.2 Å². The molecule has 0 unspecified atom stereocenters. The van der Waals surface area contributed by atoms with Crippen molar-refractivity contribution >= 4 is 16.0 Å². The van der Waals surface area contributed by atoms with E-state index < -0.39 is 10.0 Å². The molecule has 0 aliphatic heterocycles. The fourth-order valence-electron chi connectivity index (χ4n) is 2.10. The molecule has 0 bridgehead atoms. The fraction of sp³-hybridized carbons (Fsp3) is 0.235. The summed E-state index contributed by atoms with van der Waals surface area (Å²) in [6, 6.07) is 11.7. The van der Waals surface area contributed by atoms with Gasteiger partial charge in [0.15, 0.2) is 0 Å². The number of hydrogen-bond acceptors (Lipinski definition) is 5. The van der Waals surface area contributed by atoms with Crippen LogP contribution in [0.2, 0.25) is 0 Å². The van der Waals surface area contributed by atoms with E-state index in [0.717, 1.165) is 11.1 Å². The maximum Gasteiger partial charge on any atom is 0.264 e. The second kappa shape index (κ2) is 7.89. The van der Waals surface area contributed by atoms with E-state index in [4.69, 9.17) is 15.2 Å². The van der Waals surface area contributed by atoms with Crippen LogP contribution in [-0.2, 0) is 16.6 Å². The number of nitrogens with two attached hydrogens (primary N) is 1. The van der Waals surface area contributed by atoms with Gasteiger partial charge in [0.2, 0.25) is 5.96 Å². The molecule has 0 aliphatic carbocycles. The van der Waals surface area contributed by atoms with Gasteiger partial charge in [-0.2, -0.15) is 0 Å². The van der Waals surface area contributed by atoms with Gasteiger partial charge in [0.1, 0.15) is 11.5 Å². The lowest BCUT2D eigenvalue weighted by molar-refractivity contribution is 0.391. The molecule has 8 heteroatoms. The summed E-state index contributed by atoms with van der Waals surface area (Å²) in [5, 5.41) is 0. The number of nitrogens with zero attached hydrogens (tertiary/aromatic N) is 1. The smallest absolute Gasteiger partial charge is 0.264 e. The van der Waals surface area contributed by atoms with Crippen molar-refractivity contribution in [3.05, 3.63) is 53.6 Å². The van der Waals surface area contributed by atoms with Crippen molar-refractivity contribution < 1.29 is 17.9 Å². The Hall–Kier alpha value is -2.74. The van der Waals surface area contributed by atoms with Crippen molar-refractivity contribution in [2.45, 2.75) is 18.4 Å². The molecule has 3 N–H and O–H groups in total. The molecule has 0 atom stereocenters. The lowest BCUT2D eigenvalue weighted by Gasteiger charge is -2.10. The number of hydrogen-bond donors (Lipinski definition) is 2. The molecule has 0 aliphatic rings. The van der Waals surface area contributed by atoms with Crippen molar-refractivity contribution in [1.82, 2.24) is 4.72 Å². The molecule has 0 radical (unpaired) electrons. The van der Waals surface area contributed by atoms with Crippen LogP contribution in [-0.4, -0.2) is 28.6 Å². The quantitative estimate of drug-likeness (QED) is 0.602. The van der Waals surface area contributed by atoms with Gasteiger partial charge in [-0.1, -0.05) is 17.7 Å². The second-order valence-corrected chi connectivity index (χ2v) is 6.98. The van der Waals surface area contributed by atoms with Crippen molar-refractivity contribution in [2.24, 2.45) is 10.7 Å². The molecule has 0 saturated heterocycles. The highest BCUT2D eigenvalue weighted by Crippen LogP contribution is 2.25. The summed E-state index contributed by atoms with van der Waals surface area (Å²) in [6.45, 7) is 2.04. The fourth-order valence-corrected chi connectivity index (χ4v) is 3.05. The van der Waals surface area contributed by atoms with Crippen molar-refractivity contribution in [1.29, 1.82) is 0 Å². The Morgan fingerprint density at radius 2 is 1.80 bits per heavy atom. The van der Waals surface area contributed by atoms with Crippen LogP contribution in [0.5, 0.6) is 11.5 Å². The molecule has 0 heterocycles. The maximum atomic E-state index is 12.3. The van der Waals surface area contributed by atoms with Crippen LogP contribution < -0.4 is 19.9 Å². The average Bonchev–Trinajstić information content (AvgIpc) is 2.59. The molecule has 2 rings (SSSR count). The normalized spacial score (nSPS) is 11.9. The molecule has 0 amide bonds. The van der Waals surface area contributed by atoms with E-state index in [2.05, 4.69) is 9.71 Å². The monoisotopic (exact) mass is 363 g/mol. The zero-order chi connectivity index (χ0) is 18.4. The number of ether oxygens (including phenoxy) is 2. The number of aryl methyl sites for hydroxylation is 1. The maximum absolute atomic E-state index is 12.3. The van der Waals surface area contributed by atoms with Crippen LogP contribution >= 0.6 is 0 Å². The number of methoxy groups -OCH3 is 2. The first-order chi connectivity index (χ1) is 11.9. The SMILES string of the molecule is COc1ccc(CN=C(N)NS(=O)(=O)c2ccc(C)cc2)c(OC)c1. The van der Waals surface area contributed by atoms with Gasteiger partial charge in [-0.25, -0.2) is 18.1 Å². The number of aliphatic imine (C=N–C) groups is 1. The summed E-state index contributed by atoms with van der Waals surface area (Å²) in [5.74, 6) is 1.04. The summed E-state index contributed by atoms with van der Waals surface area (Å²) in [6.07, 6.45) is 0. The Bertz CT molecular complexity index is 862. The zero-order valence-corrected chi connectivity index (χ0v) is 15.1. The number of guanidine groups is 1. The van der Waals surface area contributed by atoms with Crippen molar-refractivity contribution in [2.75, 3.05) is 14.2 Å². The van der Waals surface area contributed by atoms with Gasteiger partial charge >= 0.3 is 0 Å². The summed E-state index contributed by atoms with van der Waals surface area (Å²) < 4.78 is 37.2. The topological polar surface area (TPSA) is 103 Å². The number of benzene rings is 2. The zero-order valence-electron chi connectivity index (χ0n) is 14.3. The van der Waals surface area contributed by atoms with Crippen LogP contribution in [0.25, 0.3) is 0 Å². The highest BCUT2D eigenvalue weighted by Gasteiger charge is 2.14. The Kier molecular flexibility index (Phi) is 5.87. The summed E-state index contributed by atoms with van der Waals surface area (Å²) in [5.41, 5.74) is 7.43. The number of sulfonamides is 1. The molecule has 2 aromatic rings. The highest BCUT2D eigenvalue weighted by molar-refractivity contribution is 7.90. The molecule has 0 saturated carbocycles. The highest BCUT2D eigenvalue weighted by atomic mass is 32.2. The van der Waals surface area contributed by atoms with Crippen LogP contribution in [0, 0.1) is 6.92 Å². The standard InChI is InChI=1S/C17H21N3O4S/c1-12-4-8-15(9-5-12)25(21,22)20-17(18)19-11-13-6-7-14(23-2)10-16(13)24-3/h4-10H,11H2,1-3H3,(H3,18,19,20).